The molecule has 4 heteroatoms. The van der Waals surface area contributed by atoms with Gasteiger partial charge in [-0.25, -0.2) is 0 Å². The van der Waals surface area contributed by atoms with E-state index in [1.54, 1.807) is 0 Å². The molecule has 2 fully saturated rings. The first-order valence-electron chi connectivity index (χ1n) is 6.08. The average molecular weight is 211 g/mol. The Balaban J connectivity index is 1.91. The highest BCUT2D eigenvalue weighted by Crippen LogP contribution is 2.14. The SMILES string of the molecule is O=C1CC(N2CCCNCC2)CCCN1. The van der Waals surface area contributed by atoms with Crippen LogP contribution in [0.4, 0.5) is 0 Å². The normalized spacial score (nSPS) is 30.4. The zero-order chi connectivity index (χ0) is 10.5. The number of carbonyl (C=O) groups is 1. The maximum absolute atomic E-state index is 11.5. The number of hydrogen-bond donors (Lipinski definition) is 2. The Morgan fingerprint density at radius 3 is 3.00 bits per heavy atom. The van der Waals surface area contributed by atoms with Gasteiger partial charge < -0.3 is 10.6 Å². The third-order valence-corrected chi connectivity index (χ3v) is 3.35. The van der Waals surface area contributed by atoms with Crippen LogP contribution in [0.3, 0.4) is 0 Å². The highest BCUT2D eigenvalue weighted by molar-refractivity contribution is 5.76. The van der Waals surface area contributed by atoms with Gasteiger partial charge in [-0.1, -0.05) is 0 Å². The summed E-state index contributed by atoms with van der Waals surface area (Å²) in [4.78, 5) is 14.0. The second-order valence-electron chi connectivity index (χ2n) is 4.49. The van der Waals surface area contributed by atoms with Crippen LogP contribution in [0.15, 0.2) is 0 Å². The summed E-state index contributed by atoms with van der Waals surface area (Å²) in [5.41, 5.74) is 0. The summed E-state index contributed by atoms with van der Waals surface area (Å²) in [5, 5.41) is 6.35. The number of nitrogens with one attached hydrogen (secondary N) is 2. The molecule has 1 amide bonds. The maximum atomic E-state index is 11.5. The third-order valence-electron chi connectivity index (χ3n) is 3.35. The summed E-state index contributed by atoms with van der Waals surface area (Å²) in [7, 11) is 0. The molecule has 0 bridgehead atoms. The Hall–Kier alpha value is -0.610. The molecule has 15 heavy (non-hydrogen) atoms. The molecule has 0 aromatic heterocycles. The highest BCUT2D eigenvalue weighted by Gasteiger charge is 2.23. The number of nitrogens with zero attached hydrogens (tertiary/aromatic N) is 1. The Bertz CT molecular complexity index is 212. The van der Waals surface area contributed by atoms with Crippen molar-refractivity contribution in [3.05, 3.63) is 0 Å². The minimum Gasteiger partial charge on any atom is -0.356 e. The number of rotatable bonds is 1. The lowest BCUT2D eigenvalue weighted by Gasteiger charge is -2.28. The van der Waals surface area contributed by atoms with E-state index in [2.05, 4.69) is 15.5 Å². The maximum Gasteiger partial charge on any atom is 0.221 e. The van der Waals surface area contributed by atoms with E-state index in [0.29, 0.717) is 12.5 Å². The minimum atomic E-state index is 0.231. The van der Waals surface area contributed by atoms with E-state index >= 15 is 0 Å². The lowest BCUT2D eigenvalue weighted by molar-refractivity contribution is -0.121. The van der Waals surface area contributed by atoms with Crippen molar-refractivity contribution >= 4 is 5.91 Å². The first-order chi connectivity index (χ1) is 7.36. The lowest BCUT2D eigenvalue weighted by atomic mass is 10.1. The van der Waals surface area contributed by atoms with E-state index in [-0.39, 0.29) is 5.91 Å². The van der Waals surface area contributed by atoms with Gasteiger partial charge in [0.05, 0.1) is 0 Å². The van der Waals surface area contributed by atoms with Gasteiger partial charge in [-0.3, -0.25) is 9.69 Å². The van der Waals surface area contributed by atoms with Gasteiger partial charge in [-0.05, 0) is 32.4 Å². The van der Waals surface area contributed by atoms with Crippen LogP contribution in [-0.2, 0) is 4.79 Å². The van der Waals surface area contributed by atoms with Crippen molar-refractivity contribution in [3.63, 3.8) is 0 Å². The van der Waals surface area contributed by atoms with Gasteiger partial charge in [0.25, 0.3) is 0 Å². The van der Waals surface area contributed by atoms with Crippen LogP contribution < -0.4 is 10.6 Å². The van der Waals surface area contributed by atoms with E-state index in [4.69, 9.17) is 0 Å². The fourth-order valence-corrected chi connectivity index (χ4v) is 2.50. The van der Waals surface area contributed by atoms with Crippen molar-refractivity contribution in [2.75, 3.05) is 32.7 Å². The summed E-state index contributed by atoms with van der Waals surface area (Å²) in [5.74, 6) is 0.231. The summed E-state index contributed by atoms with van der Waals surface area (Å²) >= 11 is 0. The zero-order valence-electron chi connectivity index (χ0n) is 9.30. The van der Waals surface area contributed by atoms with Gasteiger partial charge in [0.15, 0.2) is 0 Å². The monoisotopic (exact) mass is 211 g/mol. The van der Waals surface area contributed by atoms with Gasteiger partial charge in [0.2, 0.25) is 5.91 Å². The largest absolute Gasteiger partial charge is 0.356 e. The standard InChI is InChI=1S/C11H21N3O/c15-11-9-10(3-1-5-13-11)14-7-2-4-12-6-8-14/h10,12H,1-9H2,(H,13,15). The Morgan fingerprint density at radius 1 is 1.13 bits per heavy atom. The first kappa shape index (κ1) is 10.9. The molecule has 4 nitrogen and oxygen atoms in total. The van der Waals surface area contributed by atoms with E-state index < -0.39 is 0 Å². The Kier molecular flexibility index (Phi) is 3.97. The first-order valence-corrected chi connectivity index (χ1v) is 6.08. The Morgan fingerprint density at radius 2 is 2.07 bits per heavy atom. The van der Waals surface area contributed by atoms with E-state index in [1.807, 2.05) is 0 Å². The zero-order valence-corrected chi connectivity index (χ0v) is 9.30. The van der Waals surface area contributed by atoms with E-state index in [0.717, 1.165) is 39.1 Å². The lowest BCUT2D eigenvalue weighted by Crippen LogP contribution is -2.39. The topological polar surface area (TPSA) is 44.4 Å². The fraction of sp³-hybridized carbons (Fsp3) is 0.909. The minimum absolute atomic E-state index is 0.231. The summed E-state index contributed by atoms with van der Waals surface area (Å²) in [6, 6.07) is 0.479. The molecule has 0 saturated carbocycles. The molecular formula is C11H21N3O. The van der Waals surface area contributed by atoms with Gasteiger partial charge in [0.1, 0.15) is 0 Å². The quantitative estimate of drug-likeness (QED) is 0.639. The van der Waals surface area contributed by atoms with Crippen LogP contribution in [0.5, 0.6) is 0 Å². The van der Waals surface area contributed by atoms with Crippen LogP contribution in [-0.4, -0.2) is 49.6 Å². The van der Waals surface area contributed by atoms with Crippen molar-refractivity contribution < 1.29 is 4.79 Å². The van der Waals surface area contributed by atoms with Crippen molar-refractivity contribution in [1.29, 1.82) is 0 Å². The molecule has 2 heterocycles. The molecule has 0 aliphatic carbocycles. The van der Waals surface area contributed by atoms with Crippen LogP contribution in [0, 0.1) is 0 Å². The van der Waals surface area contributed by atoms with E-state index in [1.165, 1.54) is 12.8 Å². The second kappa shape index (κ2) is 5.47. The molecule has 0 aromatic rings. The molecule has 0 aromatic carbocycles. The predicted molar refractivity (Wildman–Crippen MR) is 59.7 cm³/mol. The molecule has 1 unspecified atom stereocenters. The molecule has 1 atom stereocenters. The molecule has 2 saturated heterocycles. The highest BCUT2D eigenvalue weighted by atomic mass is 16.1. The summed E-state index contributed by atoms with van der Waals surface area (Å²) in [6.45, 7) is 5.29. The number of amides is 1. The molecule has 0 spiro atoms. The van der Waals surface area contributed by atoms with Crippen molar-refractivity contribution in [2.45, 2.75) is 31.7 Å². The fourth-order valence-electron chi connectivity index (χ4n) is 2.50. The molecule has 0 radical (unpaired) electrons. The molecule has 86 valence electrons. The molecule has 2 aliphatic rings. The molecule has 2 aliphatic heterocycles. The van der Waals surface area contributed by atoms with Crippen LogP contribution in [0.25, 0.3) is 0 Å². The van der Waals surface area contributed by atoms with Gasteiger partial charge in [-0.2, -0.15) is 0 Å². The van der Waals surface area contributed by atoms with Crippen LogP contribution in [0.1, 0.15) is 25.7 Å². The second-order valence-corrected chi connectivity index (χ2v) is 4.49. The molecule has 2 N–H and O–H groups in total. The van der Waals surface area contributed by atoms with Gasteiger partial charge >= 0.3 is 0 Å². The van der Waals surface area contributed by atoms with Gasteiger partial charge in [0, 0.05) is 32.1 Å². The van der Waals surface area contributed by atoms with Crippen molar-refractivity contribution in [1.82, 2.24) is 15.5 Å². The number of carbonyl (C=O) groups excluding carboxylic acids is 1. The van der Waals surface area contributed by atoms with Crippen molar-refractivity contribution in [3.8, 4) is 0 Å². The molecule has 2 rings (SSSR count). The smallest absolute Gasteiger partial charge is 0.221 e. The van der Waals surface area contributed by atoms with Gasteiger partial charge in [-0.15, -0.1) is 0 Å². The van der Waals surface area contributed by atoms with Crippen LogP contribution >= 0.6 is 0 Å². The third kappa shape index (κ3) is 3.18. The van der Waals surface area contributed by atoms with Crippen molar-refractivity contribution in [2.24, 2.45) is 0 Å². The van der Waals surface area contributed by atoms with E-state index in [9.17, 15) is 4.79 Å². The molecular weight excluding hydrogens is 190 g/mol. The Labute approximate surface area is 91.4 Å². The van der Waals surface area contributed by atoms with Crippen LogP contribution in [0.2, 0.25) is 0 Å². The number of hydrogen-bond acceptors (Lipinski definition) is 3. The predicted octanol–water partition coefficient (Wildman–Crippen LogP) is -0.0496. The average Bonchev–Trinajstić information content (AvgIpc) is 2.59. The summed E-state index contributed by atoms with van der Waals surface area (Å²) in [6.07, 6.45) is 4.19. The summed E-state index contributed by atoms with van der Waals surface area (Å²) < 4.78 is 0.